The van der Waals surface area contributed by atoms with Gasteiger partial charge in [-0.25, -0.2) is 0 Å². The number of hydrogen-bond donors (Lipinski definition) is 0. The topological polar surface area (TPSA) is 25.2 Å². The summed E-state index contributed by atoms with van der Waals surface area (Å²) < 4.78 is 1.16. The second-order valence-electron chi connectivity index (χ2n) is 2.99. The third-order valence-corrected chi connectivity index (χ3v) is 2.52. The summed E-state index contributed by atoms with van der Waals surface area (Å²) in [5.74, 6) is 0. The maximum atomic E-state index is 4.33. The van der Waals surface area contributed by atoms with Crippen molar-refractivity contribution in [1.29, 1.82) is 0 Å². The van der Waals surface area contributed by atoms with Crippen LogP contribution in [0, 0.1) is 3.57 Å². The van der Waals surface area contributed by atoms with Crippen LogP contribution in [-0.4, -0.2) is 11.2 Å². The zero-order valence-corrected chi connectivity index (χ0v) is 10.1. The van der Waals surface area contributed by atoms with E-state index in [1.807, 2.05) is 42.5 Å². The van der Waals surface area contributed by atoms with Crippen molar-refractivity contribution in [3.63, 3.8) is 0 Å². The van der Waals surface area contributed by atoms with Gasteiger partial charge in [-0.15, -0.1) is 0 Å². The van der Waals surface area contributed by atoms with Gasteiger partial charge in [0.25, 0.3) is 0 Å². The van der Waals surface area contributed by atoms with E-state index in [0.29, 0.717) is 0 Å². The Labute approximate surface area is 102 Å². The molecule has 2 aromatic rings. The van der Waals surface area contributed by atoms with Crippen molar-refractivity contribution in [2.45, 2.75) is 0 Å². The Kier molecular flexibility index (Phi) is 3.45. The second kappa shape index (κ2) is 5.02. The van der Waals surface area contributed by atoms with Gasteiger partial charge >= 0.3 is 0 Å². The first-order valence-electron chi connectivity index (χ1n) is 4.55. The average molecular weight is 304 g/mol. The first-order valence-corrected chi connectivity index (χ1v) is 5.63. The van der Waals surface area contributed by atoms with Crippen LogP contribution in [0.25, 0.3) is 0 Å². The number of benzene rings is 1. The Bertz CT molecular complexity index is 466. The largest absolute Gasteiger partial charge is 0.255 e. The van der Waals surface area contributed by atoms with Crippen LogP contribution < -0.4 is 0 Å². The van der Waals surface area contributed by atoms with Crippen LogP contribution in [0.15, 0.2) is 53.7 Å². The van der Waals surface area contributed by atoms with E-state index in [1.165, 1.54) is 0 Å². The Morgan fingerprint density at radius 1 is 1.13 bits per heavy atom. The molecule has 74 valence electrons. The summed E-state index contributed by atoms with van der Waals surface area (Å²) in [7, 11) is 0. The highest BCUT2D eigenvalue weighted by Gasteiger charge is 1.90. The van der Waals surface area contributed by atoms with Gasteiger partial charge in [-0.1, -0.05) is 18.2 Å². The lowest BCUT2D eigenvalue weighted by Gasteiger charge is -1.93. The third kappa shape index (κ3) is 3.13. The number of hydrogen-bond acceptors (Lipinski definition) is 2. The molecular weight excluding hydrogens is 295 g/mol. The van der Waals surface area contributed by atoms with Gasteiger partial charge in [0, 0.05) is 9.77 Å². The molecule has 0 spiro atoms. The smallest absolute Gasteiger partial charge is 0.0823 e. The number of halogens is 1. The van der Waals surface area contributed by atoms with Crippen LogP contribution in [0.4, 0.5) is 5.69 Å². The predicted octanol–water partition coefficient (Wildman–Crippen LogP) is 3.44. The predicted molar refractivity (Wildman–Crippen MR) is 70.7 cm³/mol. The van der Waals surface area contributed by atoms with Crippen molar-refractivity contribution in [2.75, 3.05) is 0 Å². The number of aliphatic imine (C=N–C) groups is 1. The van der Waals surface area contributed by atoms with Crippen LogP contribution in [0.5, 0.6) is 0 Å². The molecule has 1 heterocycles. The quantitative estimate of drug-likeness (QED) is 0.616. The van der Waals surface area contributed by atoms with Crippen LogP contribution in [0.3, 0.4) is 0 Å². The Morgan fingerprint density at radius 2 is 1.93 bits per heavy atom. The Morgan fingerprint density at radius 3 is 2.67 bits per heavy atom. The molecule has 0 atom stereocenters. The van der Waals surface area contributed by atoms with Gasteiger partial charge in [0.05, 0.1) is 17.6 Å². The van der Waals surface area contributed by atoms with Crippen molar-refractivity contribution < 1.29 is 0 Å². The molecule has 0 aliphatic rings. The lowest BCUT2D eigenvalue weighted by molar-refractivity contribution is 1.29. The molecule has 1 aromatic heterocycles. The number of rotatable bonds is 2. The van der Waals surface area contributed by atoms with Gasteiger partial charge in [-0.3, -0.25) is 9.98 Å². The van der Waals surface area contributed by atoms with Crippen LogP contribution in [0.1, 0.15) is 5.69 Å². The Balaban J connectivity index is 2.19. The Hall–Kier alpha value is -1.23. The van der Waals surface area contributed by atoms with E-state index in [0.717, 1.165) is 15.0 Å². The zero-order valence-electron chi connectivity index (χ0n) is 7.97. The minimum atomic E-state index is 0.880. The van der Waals surface area contributed by atoms with E-state index in [1.54, 1.807) is 12.4 Å². The van der Waals surface area contributed by atoms with Crippen LogP contribution in [0.2, 0.25) is 0 Å². The molecule has 2 nitrogen and oxygen atoms in total. The monoisotopic (exact) mass is 304 g/mol. The van der Waals surface area contributed by atoms with E-state index in [-0.39, 0.29) is 0 Å². The molecule has 0 amide bonds. The van der Waals surface area contributed by atoms with Crippen LogP contribution >= 0.6 is 22.6 Å². The number of para-hydroxylation sites is 1. The molecule has 0 bridgehead atoms. The molecule has 0 N–H and O–H groups in total. The van der Waals surface area contributed by atoms with Gasteiger partial charge in [-0.05, 0) is 46.9 Å². The molecule has 1 aromatic carbocycles. The summed E-state index contributed by atoms with van der Waals surface area (Å²) in [5.41, 5.74) is 1.82. The van der Waals surface area contributed by atoms with Crippen molar-refractivity contribution >= 4 is 34.5 Å². The van der Waals surface area contributed by atoms with Gasteiger partial charge in [0.15, 0.2) is 0 Å². The maximum absolute atomic E-state index is 4.33. The van der Waals surface area contributed by atoms with Gasteiger partial charge in [0.1, 0.15) is 0 Å². The van der Waals surface area contributed by atoms with Crippen molar-refractivity contribution in [2.24, 2.45) is 4.99 Å². The highest BCUT2D eigenvalue weighted by molar-refractivity contribution is 14.1. The highest BCUT2D eigenvalue weighted by atomic mass is 123. The molecule has 2 rings (SSSR count). The van der Waals surface area contributed by atoms with Gasteiger partial charge < -0.3 is 0 Å². The lowest BCUT2D eigenvalue weighted by atomic mass is 10.3. The lowest BCUT2D eigenvalue weighted by Crippen LogP contribution is -1.86. The summed E-state index contributed by atoms with van der Waals surface area (Å²) in [4.78, 5) is 8.53. The van der Waals surface area contributed by atoms with E-state index < -0.39 is 0 Å². The highest BCUT2D eigenvalue weighted by Crippen LogP contribution is 2.10. The van der Waals surface area contributed by atoms with E-state index in [4.69, 9.17) is 0 Å². The SMILES string of the molecule is [123I]c1ccnc(C=Nc2ccccc2)c1. The molecule has 0 radical (unpaired) electrons. The fraction of sp³-hybridized carbons (Fsp3) is 0. The summed E-state index contributed by atoms with van der Waals surface area (Å²) in [6.07, 6.45) is 3.56. The summed E-state index contributed by atoms with van der Waals surface area (Å²) in [6.45, 7) is 0. The summed E-state index contributed by atoms with van der Waals surface area (Å²) in [6, 6.07) is 13.8. The molecule has 3 heteroatoms. The molecule has 0 saturated heterocycles. The maximum Gasteiger partial charge on any atom is 0.0823 e. The first kappa shape index (κ1) is 10.3. The molecular formula is C12H9IN2. The summed E-state index contributed by atoms with van der Waals surface area (Å²) >= 11 is 2.26. The fourth-order valence-electron chi connectivity index (χ4n) is 1.15. The minimum Gasteiger partial charge on any atom is -0.255 e. The standard InChI is InChI=1S/C12H9IN2/c13-10-6-7-14-12(8-10)9-15-11-4-2-1-3-5-11/h1-9H/i13-4. The van der Waals surface area contributed by atoms with E-state index in [2.05, 4.69) is 32.6 Å². The zero-order chi connectivity index (χ0) is 10.5. The second-order valence-corrected chi connectivity index (χ2v) is 4.24. The molecule has 0 unspecified atom stereocenters. The fourth-order valence-corrected chi connectivity index (χ4v) is 1.63. The molecule has 0 aliphatic heterocycles. The average Bonchev–Trinajstić information content (AvgIpc) is 2.28. The minimum absolute atomic E-state index is 0.880. The molecule has 0 fully saturated rings. The van der Waals surface area contributed by atoms with Crippen LogP contribution in [-0.2, 0) is 0 Å². The van der Waals surface area contributed by atoms with Gasteiger partial charge in [-0.2, -0.15) is 0 Å². The summed E-state index contributed by atoms with van der Waals surface area (Å²) in [5, 5.41) is 0. The molecule has 15 heavy (non-hydrogen) atoms. The van der Waals surface area contributed by atoms with Gasteiger partial charge in [0.2, 0.25) is 0 Å². The first-order chi connectivity index (χ1) is 7.34. The number of nitrogens with zero attached hydrogens (tertiary/aromatic N) is 2. The van der Waals surface area contributed by atoms with Crippen molar-refractivity contribution in [1.82, 2.24) is 4.98 Å². The number of pyridine rings is 1. The van der Waals surface area contributed by atoms with E-state index in [9.17, 15) is 0 Å². The normalized spacial score (nSPS) is 10.7. The molecule has 0 aliphatic carbocycles. The van der Waals surface area contributed by atoms with E-state index >= 15 is 0 Å². The molecule has 0 saturated carbocycles. The number of aromatic nitrogens is 1. The van der Waals surface area contributed by atoms with Crippen molar-refractivity contribution in [3.8, 4) is 0 Å². The third-order valence-electron chi connectivity index (χ3n) is 1.85. The van der Waals surface area contributed by atoms with Crippen molar-refractivity contribution in [3.05, 3.63) is 57.9 Å².